The Hall–Kier alpha value is -2.90. The van der Waals surface area contributed by atoms with E-state index in [1.165, 1.54) is 30.6 Å². The van der Waals surface area contributed by atoms with Gasteiger partial charge in [0.05, 0.1) is 5.92 Å². The average Bonchev–Trinajstić information content (AvgIpc) is 2.71. The molecule has 0 bridgehead atoms. The third kappa shape index (κ3) is 6.31. The van der Waals surface area contributed by atoms with Crippen LogP contribution < -0.4 is 5.32 Å². The van der Waals surface area contributed by atoms with Gasteiger partial charge < -0.3 is 5.32 Å². The van der Waals surface area contributed by atoms with Crippen LogP contribution in [0.2, 0.25) is 10.0 Å². The molecule has 0 aliphatic heterocycles. The Kier molecular flexibility index (Phi) is 7.53. The summed E-state index contributed by atoms with van der Waals surface area (Å²) in [7, 11) is 0. The van der Waals surface area contributed by atoms with Crippen molar-refractivity contribution in [2.45, 2.75) is 25.6 Å². The van der Waals surface area contributed by atoms with Gasteiger partial charge in [-0.2, -0.15) is 13.2 Å². The molecule has 1 amide bonds. The van der Waals surface area contributed by atoms with Gasteiger partial charge in [-0.15, -0.1) is 0 Å². The van der Waals surface area contributed by atoms with E-state index in [0.717, 1.165) is 11.6 Å². The number of hydrogen-bond acceptors (Lipinski definition) is 3. The van der Waals surface area contributed by atoms with Crippen molar-refractivity contribution < 1.29 is 18.0 Å². The van der Waals surface area contributed by atoms with E-state index in [9.17, 15) is 18.0 Å². The number of carbonyl (C=O) groups is 1. The van der Waals surface area contributed by atoms with Crippen LogP contribution in [0.15, 0.2) is 61.2 Å². The average molecular weight is 480 g/mol. The van der Waals surface area contributed by atoms with Gasteiger partial charge in [0.25, 0.3) is 5.91 Å². The maximum Gasteiger partial charge on any atom is 0.399 e. The Morgan fingerprint density at radius 3 is 2.34 bits per heavy atom. The van der Waals surface area contributed by atoms with Crippen molar-refractivity contribution in [3.05, 3.63) is 99.1 Å². The first-order valence-corrected chi connectivity index (χ1v) is 10.2. The van der Waals surface area contributed by atoms with E-state index in [-0.39, 0.29) is 28.1 Å². The Labute approximate surface area is 193 Å². The van der Waals surface area contributed by atoms with Gasteiger partial charge in [-0.3, -0.25) is 4.79 Å². The molecule has 0 aliphatic rings. The molecule has 1 heterocycles. The van der Waals surface area contributed by atoms with E-state index >= 15 is 0 Å². The number of amides is 1. The first kappa shape index (κ1) is 23.8. The first-order chi connectivity index (χ1) is 15.1. The van der Waals surface area contributed by atoms with Crippen molar-refractivity contribution >= 4 is 35.2 Å². The fourth-order valence-corrected chi connectivity index (χ4v) is 3.66. The van der Waals surface area contributed by atoms with E-state index in [0.29, 0.717) is 16.7 Å². The monoisotopic (exact) mass is 479 g/mol. The zero-order valence-electron chi connectivity index (χ0n) is 16.8. The fourth-order valence-electron chi connectivity index (χ4n) is 3.12. The summed E-state index contributed by atoms with van der Waals surface area (Å²) >= 11 is 11.7. The molecule has 1 N–H and O–H groups in total. The maximum absolute atomic E-state index is 13.6. The van der Waals surface area contributed by atoms with Gasteiger partial charge in [-0.25, -0.2) is 9.97 Å². The second-order valence-electron chi connectivity index (χ2n) is 7.08. The lowest BCUT2D eigenvalue weighted by molar-refractivity contribution is -0.139. The highest BCUT2D eigenvalue weighted by molar-refractivity contribution is 6.34. The molecule has 9 heteroatoms. The Bertz CT molecular complexity index is 1110. The Balaban J connectivity index is 1.77. The molecule has 3 aromatic rings. The Morgan fingerprint density at radius 1 is 1.09 bits per heavy atom. The summed E-state index contributed by atoms with van der Waals surface area (Å²) < 4.78 is 40.9. The van der Waals surface area contributed by atoms with Crippen molar-refractivity contribution in [3.63, 3.8) is 0 Å². The molecule has 4 nitrogen and oxygen atoms in total. The van der Waals surface area contributed by atoms with Crippen molar-refractivity contribution in [3.8, 4) is 0 Å². The predicted octanol–water partition coefficient (Wildman–Crippen LogP) is 6.38. The molecule has 0 aliphatic carbocycles. The molecule has 0 saturated heterocycles. The number of halogens is 5. The third-order valence-electron chi connectivity index (χ3n) is 4.64. The van der Waals surface area contributed by atoms with Crippen LogP contribution in [-0.4, -0.2) is 22.1 Å². The van der Waals surface area contributed by atoms with Gasteiger partial charge in [0, 0.05) is 40.1 Å². The molecule has 166 valence electrons. The van der Waals surface area contributed by atoms with E-state index < -0.39 is 12.1 Å². The molecule has 3 rings (SSSR count). The zero-order valence-corrected chi connectivity index (χ0v) is 18.3. The summed E-state index contributed by atoms with van der Waals surface area (Å²) in [5, 5.41) is 3.02. The lowest BCUT2D eigenvalue weighted by Crippen LogP contribution is -2.23. The number of nitrogens with zero attached hydrogens (tertiary/aromatic N) is 2. The minimum atomic E-state index is -4.53. The van der Waals surface area contributed by atoms with Gasteiger partial charge in [0.15, 0.2) is 0 Å². The lowest BCUT2D eigenvalue weighted by atomic mass is 9.96. The number of aromatic nitrogens is 2. The molecule has 0 radical (unpaired) electrons. The number of alkyl halides is 3. The highest BCUT2D eigenvalue weighted by Gasteiger charge is 2.39. The van der Waals surface area contributed by atoms with Gasteiger partial charge >= 0.3 is 6.18 Å². The molecule has 0 saturated carbocycles. The number of nitrogens with one attached hydrogen (secondary N) is 1. The van der Waals surface area contributed by atoms with Crippen LogP contribution in [-0.2, 0) is 6.54 Å². The standard InChI is InChI=1S/C23H18Cl2F3N3O/c1-14-6-15(2-4-20(14)22(32)31-12-16-10-29-13-30-11-16)3-5-21(23(26,27)28)17-7-18(24)9-19(25)8-17/h2-11,13,21H,12H2,1H3,(H,31,32). The second-order valence-corrected chi connectivity index (χ2v) is 7.96. The first-order valence-electron chi connectivity index (χ1n) is 9.47. The number of hydrogen-bond donors (Lipinski definition) is 1. The summed E-state index contributed by atoms with van der Waals surface area (Å²) in [4.78, 5) is 20.2. The number of allylic oxidation sites excluding steroid dienone is 1. The summed E-state index contributed by atoms with van der Waals surface area (Å²) in [6.07, 6.45) is 2.47. The van der Waals surface area contributed by atoms with Gasteiger partial charge in [0.2, 0.25) is 0 Å². The number of carbonyl (C=O) groups excluding carboxylic acids is 1. The highest BCUT2D eigenvalue weighted by Crippen LogP contribution is 2.38. The number of benzene rings is 2. The molecular weight excluding hydrogens is 462 g/mol. The van der Waals surface area contributed by atoms with Crippen molar-refractivity contribution in [2.75, 3.05) is 0 Å². The zero-order chi connectivity index (χ0) is 23.3. The number of aryl methyl sites for hydroxylation is 1. The molecule has 0 fully saturated rings. The minimum Gasteiger partial charge on any atom is -0.348 e. The lowest BCUT2D eigenvalue weighted by Gasteiger charge is -2.18. The van der Waals surface area contributed by atoms with Crippen LogP contribution in [0.5, 0.6) is 0 Å². The largest absolute Gasteiger partial charge is 0.399 e. The minimum absolute atomic E-state index is 0.0520. The molecule has 1 aromatic heterocycles. The van der Waals surface area contributed by atoms with Crippen molar-refractivity contribution in [1.82, 2.24) is 15.3 Å². The number of rotatable bonds is 6. The smallest absolute Gasteiger partial charge is 0.348 e. The summed E-state index contributed by atoms with van der Waals surface area (Å²) in [6.45, 7) is 1.98. The summed E-state index contributed by atoms with van der Waals surface area (Å²) in [6, 6.07) is 8.67. The molecule has 2 aromatic carbocycles. The van der Waals surface area contributed by atoms with Crippen LogP contribution in [0.25, 0.3) is 6.08 Å². The van der Waals surface area contributed by atoms with Gasteiger partial charge in [-0.05, 0) is 47.9 Å². The van der Waals surface area contributed by atoms with Crippen LogP contribution in [0.3, 0.4) is 0 Å². The molecule has 32 heavy (non-hydrogen) atoms. The maximum atomic E-state index is 13.6. The predicted molar refractivity (Wildman–Crippen MR) is 119 cm³/mol. The van der Waals surface area contributed by atoms with Gasteiger partial charge in [0.1, 0.15) is 6.33 Å². The van der Waals surface area contributed by atoms with Crippen LogP contribution in [0.1, 0.15) is 38.5 Å². The van der Waals surface area contributed by atoms with Gasteiger partial charge in [-0.1, -0.05) is 47.5 Å². The third-order valence-corrected chi connectivity index (χ3v) is 5.08. The molecule has 0 spiro atoms. The van der Waals surface area contributed by atoms with Crippen molar-refractivity contribution in [1.29, 1.82) is 0 Å². The van der Waals surface area contributed by atoms with E-state index in [4.69, 9.17) is 23.2 Å². The SMILES string of the molecule is Cc1cc(C=CC(c2cc(Cl)cc(Cl)c2)C(F)(F)F)ccc1C(=O)NCc1cncnc1. The quantitative estimate of drug-likeness (QED) is 0.446. The normalized spacial score (nSPS) is 12.7. The molecule has 1 unspecified atom stereocenters. The van der Waals surface area contributed by atoms with Crippen LogP contribution in [0, 0.1) is 6.92 Å². The van der Waals surface area contributed by atoms with Crippen LogP contribution >= 0.6 is 23.2 Å². The fraction of sp³-hybridized carbons (Fsp3) is 0.174. The molecular formula is C23H18Cl2F3N3O. The van der Waals surface area contributed by atoms with E-state index in [2.05, 4.69) is 15.3 Å². The summed E-state index contributed by atoms with van der Waals surface area (Å²) in [5.74, 6) is -2.18. The van der Waals surface area contributed by atoms with E-state index in [1.807, 2.05) is 0 Å². The molecule has 1 atom stereocenters. The highest BCUT2D eigenvalue weighted by atomic mass is 35.5. The topological polar surface area (TPSA) is 54.9 Å². The second kappa shape index (κ2) is 10.1. The van der Waals surface area contributed by atoms with E-state index in [1.54, 1.807) is 37.5 Å². The Morgan fingerprint density at radius 2 is 1.75 bits per heavy atom. The van der Waals surface area contributed by atoms with Crippen molar-refractivity contribution in [2.24, 2.45) is 0 Å². The van der Waals surface area contributed by atoms with Crippen LogP contribution in [0.4, 0.5) is 13.2 Å². The summed E-state index contributed by atoms with van der Waals surface area (Å²) in [5.41, 5.74) is 2.27.